The summed E-state index contributed by atoms with van der Waals surface area (Å²) < 4.78 is 4.94. The summed E-state index contributed by atoms with van der Waals surface area (Å²) in [5, 5.41) is 2.86. The van der Waals surface area contributed by atoms with Crippen LogP contribution in [-0.2, 0) is 4.79 Å². The molecule has 108 valence electrons. The first-order chi connectivity index (χ1) is 10.3. The molecule has 2 aromatic rings. The second-order valence-corrected chi connectivity index (χ2v) is 5.02. The van der Waals surface area contributed by atoms with E-state index in [2.05, 4.69) is 5.32 Å². The van der Waals surface area contributed by atoms with Crippen LogP contribution in [0, 0.1) is 0 Å². The van der Waals surface area contributed by atoms with Crippen molar-refractivity contribution in [3.8, 4) is 0 Å². The van der Waals surface area contributed by atoms with E-state index >= 15 is 0 Å². The highest BCUT2D eigenvalue weighted by Crippen LogP contribution is 2.22. The molecule has 3 rings (SSSR count). The number of anilines is 1. The molecule has 1 aromatic heterocycles. The van der Waals surface area contributed by atoms with Gasteiger partial charge in [0.05, 0.1) is 11.8 Å². The summed E-state index contributed by atoms with van der Waals surface area (Å²) in [6.07, 6.45) is 4.38. The largest absolute Gasteiger partial charge is 0.472 e. The molecule has 2 amide bonds. The number of carbonyl (C=O) groups is 2. The number of nitrogens with one attached hydrogen (secondary N) is 1. The summed E-state index contributed by atoms with van der Waals surface area (Å²) in [5.74, 6) is -0.301. The van der Waals surface area contributed by atoms with Crippen molar-refractivity contribution in [2.45, 2.75) is 18.9 Å². The molecule has 0 bridgehead atoms. The molecule has 0 radical (unpaired) electrons. The molecule has 5 heteroatoms. The first-order valence-corrected chi connectivity index (χ1v) is 6.95. The number of furan rings is 1. The van der Waals surface area contributed by atoms with E-state index in [1.54, 1.807) is 11.0 Å². The second-order valence-electron chi connectivity index (χ2n) is 5.02. The molecule has 1 aromatic carbocycles. The van der Waals surface area contributed by atoms with Gasteiger partial charge >= 0.3 is 0 Å². The SMILES string of the molecule is O=C(Nc1ccccc1)[C@@H]1CCCN1C(=O)c1ccoc1. The van der Waals surface area contributed by atoms with Gasteiger partial charge in [-0.2, -0.15) is 0 Å². The average molecular weight is 284 g/mol. The van der Waals surface area contributed by atoms with Gasteiger partial charge in [0.15, 0.2) is 0 Å². The van der Waals surface area contributed by atoms with E-state index in [4.69, 9.17) is 4.42 Å². The van der Waals surface area contributed by atoms with E-state index < -0.39 is 6.04 Å². The Morgan fingerprint density at radius 1 is 1.19 bits per heavy atom. The van der Waals surface area contributed by atoms with E-state index in [-0.39, 0.29) is 11.8 Å². The molecule has 5 nitrogen and oxygen atoms in total. The van der Waals surface area contributed by atoms with E-state index in [9.17, 15) is 9.59 Å². The van der Waals surface area contributed by atoms with Gasteiger partial charge in [0.1, 0.15) is 12.3 Å². The highest BCUT2D eigenvalue weighted by Gasteiger charge is 2.34. The van der Waals surface area contributed by atoms with Gasteiger partial charge in [-0.15, -0.1) is 0 Å². The van der Waals surface area contributed by atoms with Gasteiger partial charge < -0.3 is 14.6 Å². The topological polar surface area (TPSA) is 62.6 Å². The van der Waals surface area contributed by atoms with Crippen molar-refractivity contribution in [1.82, 2.24) is 4.90 Å². The first-order valence-electron chi connectivity index (χ1n) is 6.95. The van der Waals surface area contributed by atoms with Crippen molar-refractivity contribution in [2.75, 3.05) is 11.9 Å². The summed E-state index contributed by atoms with van der Waals surface area (Å²) in [5.41, 5.74) is 1.22. The third-order valence-electron chi connectivity index (χ3n) is 3.63. The van der Waals surface area contributed by atoms with Gasteiger partial charge in [-0.3, -0.25) is 9.59 Å². The lowest BCUT2D eigenvalue weighted by Crippen LogP contribution is -2.43. The van der Waals surface area contributed by atoms with Gasteiger partial charge in [-0.1, -0.05) is 18.2 Å². The third-order valence-corrected chi connectivity index (χ3v) is 3.63. The van der Waals surface area contributed by atoms with Crippen molar-refractivity contribution in [1.29, 1.82) is 0 Å². The normalized spacial score (nSPS) is 17.7. The molecule has 0 unspecified atom stereocenters. The number of rotatable bonds is 3. The van der Waals surface area contributed by atoms with Crippen LogP contribution in [0.3, 0.4) is 0 Å². The van der Waals surface area contributed by atoms with Crippen LogP contribution in [-0.4, -0.2) is 29.3 Å². The Kier molecular flexibility index (Phi) is 3.73. The quantitative estimate of drug-likeness (QED) is 0.942. The molecule has 1 aliphatic rings. The zero-order valence-corrected chi connectivity index (χ0v) is 11.5. The lowest BCUT2D eigenvalue weighted by molar-refractivity contribution is -0.119. The second kappa shape index (κ2) is 5.83. The predicted octanol–water partition coefficient (Wildman–Crippen LogP) is 2.52. The first kappa shape index (κ1) is 13.4. The van der Waals surface area contributed by atoms with Crippen LogP contribution >= 0.6 is 0 Å². The molecule has 1 atom stereocenters. The van der Waals surface area contributed by atoms with Crippen LogP contribution in [0.5, 0.6) is 0 Å². The summed E-state index contributed by atoms with van der Waals surface area (Å²) in [6.45, 7) is 0.594. The monoisotopic (exact) mass is 284 g/mol. The minimum absolute atomic E-state index is 0.143. The van der Waals surface area contributed by atoms with Crippen molar-refractivity contribution in [3.63, 3.8) is 0 Å². The van der Waals surface area contributed by atoms with Crippen molar-refractivity contribution >= 4 is 17.5 Å². The van der Waals surface area contributed by atoms with E-state index in [1.165, 1.54) is 12.5 Å². The Morgan fingerprint density at radius 2 is 2.00 bits per heavy atom. The van der Waals surface area contributed by atoms with Crippen LogP contribution in [0.4, 0.5) is 5.69 Å². The standard InChI is InChI=1S/C16H16N2O3/c19-15(17-13-5-2-1-3-6-13)14-7-4-9-18(14)16(20)12-8-10-21-11-12/h1-3,5-6,8,10-11,14H,4,7,9H2,(H,17,19)/t14-/m0/s1. The number of amides is 2. The summed E-state index contributed by atoms with van der Waals surface area (Å²) in [6, 6.07) is 10.5. The molecule has 1 fully saturated rings. The molecule has 21 heavy (non-hydrogen) atoms. The predicted molar refractivity (Wildman–Crippen MR) is 77.8 cm³/mol. The maximum absolute atomic E-state index is 12.4. The third kappa shape index (κ3) is 2.81. The Balaban J connectivity index is 1.72. The van der Waals surface area contributed by atoms with Crippen molar-refractivity contribution in [2.24, 2.45) is 0 Å². The molecule has 0 spiro atoms. The van der Waals surface area contributed by atoms with E-state index in [0.29, 0.717) is 18.5 Å². The molecule has 1 saturated heterocycles. The van der Waals surface area contributed by atoms with Crippen LogP contribution in [0.1, 0.15) is 23.2 Å². The Morgan fingerprint density at radius 3 is 2.71 bits per heavy atom. The highest BCUT2D eigenvalue weighted by atomic mass is 16.3. The van der Waals surface area contributed by atoms with Crippen molar-refractivity contribution < 1.29 is 14.0 Å². The average Bonchev–Trinajstić information content (AvgIpc) is 3.19. The molecular weight excluding hydrogens is 268 g/mol. The Hall–Kier alpha value is -2.56. The smallest absolute Gasteiger partial charge is 0.257 e. The molecule has 2 heterocycles. The fourth-order valence-electron chi connectivity index (χ4n) is 2.58. The van der Waals surface area contributed by atoms with Crippen molar-refractivity contribution in [3.05, 3.63) is 54.5 Å². The zero-order chi connectivity index (χ0) is 14.7. The fourth-order valence-corrected chi connectivity index (χ4v) is 2.58. The van der Waals surface area contributed by atoms with Gasteiger partial charge in [-0.05, 0) is 31.0 Å². The fraction of sp³-hybridized carbons (Fsp3) is 0.250. The summed E-state index contributed by atoms with van der Waals surface area (Å²) in [4.78, 5) is 26.3. The van der Waals surface area contributed by atoms with Gasteiger partial charge in [0, 0.05) is 12.2 Å². The number of nitrogens with zero attached hydrogens (tertiary/aromatic N) is 1. The molecule has 1 N–H and O–H groups in total. The van der Waals surface area contributed by atoms with Gasteiger partial charge in [0.2, 0.25) is 5.91 Å². The maximum atomic E-state index is 12.4. The number of carbonyl (C=O) groups excluding carboxylic acids is 2. The number of hydrogen-bond donors (Lipinski definition) is 1. The summed E-state index contributed by atoms with van der Waals surface area (Å²) in [7, 11) is 0. The Labute approximate surface area is 122 Å². The van der Waals surface area contributed by atoms with Gasteiger partial charge in [-0.25, -0.2) is 0 Å². The minimum Gasteiger partial charge on any atom is -0.472 e. The maximum Gasteiger partial charge on any atom is 0.257 e. The van der Waals surface area contributed by atoms with Crippen LogP contribution in [0.25, 0.3) is 0 Å². The zero-order valence-electron chi connectivity index (χ0n) is 11.5. The van der Waals surface area contributed by atoms with E-state index in [0.717, 1.165) is 12.1 Å². The van der Waals surface area contributed by atoms with Crippen LogP contribution in [0.15, 0.2) is 53.3 Å². The minimum atomic E-state index is -0.424. The van der Waals surface area contributed by atoms with Gasteiger partial charge in [0.25, 0.3) is 5.91 Å². The number of benzene rings is 1. The molecule has 0 saturated carbocycles. The lowest BCUT2D eigenvalue weighted by Gasteiger charge is -2.23. The number of hydrogen-bond acceptors (Lipinski definition) is 3. The highest BCUT2D eigenvalue weighted by molar-refractivity contribution is 6.01. The summed E-state index contributed by atoms with van der Waals surface area (Å²) >= 11 is 0. The molecule has 1 aliphatic heterocycles. The van der Waals surface area contributed by atoms with Crippen LogP contribution in [0.2, 0.25) is 0 Å². The van der Waals surface area contributed by atoms with E-state index in [1.807, 2.05) is 30.3 Å². The Bertz CT molecular complexity index is 622. The number of likely N-dealkylation sites (tertiary alicyclic amines) is 1. The molecular formula is C16H16N2O3. The lowest BCUT2D eigenvalue weighted by atomic mass is 10.2. The van der Waals surface area contributed by atoms with Crippen LogP contribution < -0.4 is 5.32 Å². The number of para-hydroxylation sites is 1. The molecule has 0 aliphatic carbocycles.